The number of hydrogen-bond acceptors (Lipinski definition) is 6. The second kappa shape index (κ2) is 9.27. The molecule has 1 fully saturated rings. The zero-order valence-electron chi connectivity index (χ0n) is 19.4. The van der Waals surface area contributed by atoms with Gasteiger partial charge in [-0.15, -0.1) is 0 Å². The standard InChI is InChI=1S/C26H30N4O3/c1-16-17(2)30-22-7-6-19(11-20(16)22)33-26-21-12-24(31-3)25(13-23(21)28-15-29-26)32-10-4-5-18-8-9-27-14-18/h6-7,11-13,15,18,27,30H,4-5,8-10,14H2,1-3H3. The van der Waals surface area contributed by atoms with Crippen molar-refractivity contribution in [1.82, 2.24) is 20.3 Å². The summed E-state index contributed by atoms with van der Waals surface area (Å²) >= 11 is 0. The van der Waals surface area contributed by atoms with Crippen molar-refractivity contribution in [3.8, 4) is 23.1 Å². The van der Waals surface area contributed by atoms with Gasteiger partial charge in [-0.3, -0.25) is 0 Å². The third-order valence-corrected chi connectivity index (χ3v) is 6.56. The largest absolute Gasteiger partial charge is 0.493 e. The Balaban J connectivity index is 1.37. The summed E-state index contributed by atoms with van der Waals surface area (Å²) in [4.78, 5) is 12.2. The van der Waals surface area contributed by atoms with Crippen LogP contribution in [0.4, 0.5) is 0 Å². The highest BCUT2D eigenvalue weighted by molar-refractivity contribution is 5.88. The zero-order valence-corrected chi connectivity index (χ0v) is 19.4. The Kier molecular flexibility index (Phi) is 6.05. The minimum absolute atomic E-state index is 0.489. The van der Waals surface area contributed by atoms with E-state index in [4.69, 9.17) is 14.2 Å². The molecule has 0 amide bonds. The van der Waals surface area contributed by atoms with Gasteiger partial charge in [0.2, 0.25) is 5.88 Å². The fourth-order valence-electron chi connectivity index (χ4n) is 4.52. The number of methoxy groups -OCH3 is 1. The molecule has 0 radical (unpaired) electrons. The van der Waals surface area contributed by atoms with Crippen LogP contribution in [-0.2, 0) is 0 Å². The first-order valence-electron chi connectivity index (χ1n) is 11.6. The van der Waals surface area contributed by atoms with Crippen LogP contribution in [0.1, 0.15) is 30.5 Å². The molecule has 3 heterocycles. The highest BCUT2D eigenvalue weighted by atomic mass is 16.5. The summed E-state index contributed by atoms with van der Waals surface area (Å²) in [6.45, 7) is 7.09. The van der Waals surface area contributed by atoms with Crippen LogP contribution in [0.5, 0.6) is 23.1 Å². The Morgan fingerprint density at radius 3 is 2.79 bits per heavy atom. The molecular formula is C26H30N4O3. The highest BCUT2D eigenvalue weighted by Gasteiger charge is 2.16. The fraction of sp³-hybridized carbons (Fsp3) is 0.385. The summed E-state index contributed by atoms with van der Waals surface area (Å²) in [7, 11) is 1.65. The molecule has 1 unspecified atom stereocenters. The predicted molar refractivity (Wildman–Crippen MR) is 130 cm³/mol. The zero-order chi connectivity index (χ0) is 22.8. The molecular weight excluding hydrogens is 416 g/mol. The lowest BCUT2D eigenvalue weighted by Gasteiger charge is -2.14. The minimum Gasteiger partial charge on any atom is -0.493 e. The summed E-state index contributed by atoms with van der Waals surface area (Å²) in [6.07, 6.45) is 4.97. The molecule has 4 aromatic rings. The molecule has 0 saturated carbocycles. The molecule has 2 aromatic carbocycles. The predicted octanol–water partition coefficient (Wildman–Crippen LogP) is 5.30. The summed E-state index contributed by atoms with van der Waals surface area (Å²) in [6, 6.07) is 9.81. The van der Waals surface area contributed by atoms with Crippen LogP contribution in [0.2, 0.25) is 0 Å². The monoisotopic (exact) mass is 446 g/mol. The normalized spacial score (nSPS) is 15.9. The highest BCUT2D eigenvalue weighted by Crippen LogP contribution is 2.37. The molecule has 2 aromatic heterocycles. The van der Waals surface area contributed by atoms with Crippen molar-refractivity contribution in [1.29, 1.82) is 0 Å². The maximum atomic E-state index is 6.19. The number of aromatic amines is 1. The maximum Gasteiger partial charge on any atom is 0.230 e. The van der Waals surface area contributed by atoms with Gasteiger partial charge in [-0.2, -0.15) is 0 Å². The number of aryl methyl sites for hydroxylation is 2. The van der Waals surface area contributed by atoms with E-state index in [0.29, 0.717) is 24.0 Å². The van der Waals surface area contributed by atoms with Crippen LogP contribution in [-0.4, -0.2) is 41.8 Å². The van der Waals surface area contributed by atoms with Crippen LogP contribution in [0, 0.1) is 19.8 Å². The van der Waals surface area contributed by atoms with Gasteiger partial charge in [-0.05, 0) is 81.9 Å². The van der Waals surface area contributed by atoms with Crippen molar-refractivity contribution in [2.75, 3.05) is 26.8 Å². The van der Waals surface area contributed by atoms with Gasteiger partial charge in [-0.1, -0.05) is 0 Å². The van der Waals surface area contributed by atoms with Crippen molar-refractivity contribution in [3.63, 3.8) is 0 Å². The van der Waals surface area contributed by atoms with Crippen LogP contribution < -0.4 is 19.5 Å². The van der Waals surface area contributed by atoms with Crippen molar-refractivity contribution in [3.05, 3.63) is 47.9 Å². The molecule has 0 bridgehead atoms. The lowest BCUT2D eigenvalue weighted by atomic mass is 10.0. The van der Waals surface area contributed by atoms with Gasteiger partial charge in [0, 0.05) is 22.7 Å². The Hall–Kier alpha value is -3.32. The lowest BCUT2D eigenvalue weighted by molar-refractivity contribution is 0.278. The van der Waals surface area contributed by atoms with Crippen molar-refractivity contribution in [2.24, 2.45) is 5.92 Å². The van der Waals surface area contributed by atoms with Crippen molar-refractivity contribution < 1.29 is 14.2 Å². The number of nitrogens with one attached hydrogen (secondary N) is 2. The number of nitrogens with zero attached hydrogens (tertiary/aromatic N) is 2. The van der Waals surface area contributed by atoms with Gasteiger partial charge in [0.05, 0.1) is 24.6 Å². The van der Waals surface area contributed by atoms with E-state index in [2.05, 4.69) is 34.1 Å². The second-order valence-electron chi connectivity index (χ2n) is 8.73. The number of ether oxygens (including phenoxy) is 3. The van der Waals surface area contributed by atoms with Crippen molar-refractivity contribution in [2.45, 2.75) is 33.1 Å². The van der Waals surface area contributed by atoms with Crippen LogP contribution in [0.25, 0.3) is 21.8 Å². The molecule has 1 aliphatic heterocycles. The van der Waals surface area contributed by atoms with E-state index >= 15 is 0 Å². The van der Waals surface area contributed by atoms with Gasteiger partial charge in [0.1, 0.15) is 12.1 Å². The SMILES string of the molecule is COc1cc2c(Oc3ccc4[nH]c(C)c(C)c4c3)ncnc2cc1OCCCC1CCNC1. The van der Waals surface area contributed by atoms with Crippen LogP contribution in [0.3, 0.4) is 0 Å². The molecule has 2 N–H and O–H groups in total. The van der Waals surface area contributed by atoms with Gasteiger partial charge in [0.25, 0.3) is 0 Å². The lowest BCUT2D eigenvalue weighted by Crippen LogP contribution is -2.10. The molecule has 33 heavy (non-hydrogen) atoms. The Bertz CT molecular complexity index is 1280. The first kappa shape index (κ1) is 21.5. The number of benzene rings is 2. The van der Waals surface area contributed by atoms with Gasteiger partial charge < -0.3 is 24.5 Å². The van der Waals surface area contributed by atoms with E-state index in [1.807, 2.05) is 30.3 Å². The molecule has 5 rings (SSSR count). The van der Waals surface area contributed by atoms with Crippen LogP contribution >= 0.6 is 0 Å². The molecule has 7 nitrogen and oxygen atoms in total. The number of hydrogen-bond donors (Lipinski definition) is 2. The van der Waals surface area contributed by atoms with E-state index in [-0.39, 0.29) is 0 Å². The molecule has 1 saturated heterocycles. The summed E-state index contributed by atoms with van der Waals surface area (Å²) in [5.41, 5.74) is 4.23. The quantitative estimate of drug-likeness (QED) is 0.358. The fourth-order valence-corrected chi connectivity index (χ4v) is 4.52. The molecule has 7 heteroatoms. The van der Waals surface area contributed by atoms with Gasteiger partial charge >= 0.3 is 0 Å². The Morgan fingerprint density at radius 1 is 1.06 bits per heavy atom. The van der Waals surface area contributed by atoms with E-state index in [1.165, 1.54) is 24.7 Å². The third kappa shape index (κ3) is 4.46. The average molecular weight is 447 g/mol. The smallest absolute Gasteiger partial charge is 0.230 e. The second-order valence-corrected chi connectivity index (χ2v) is 8.73. The number of fused-ring (bicyclic) bond motifs is 2. The molecule has 0 spiro atoms. The first-order valence-corrected chi connectivity index (χ1v) is 11.6. The van der Waals surface area contributed by atoms with Crippen LogP contribution in [0.15, 0.2) is 36.7 Å². The summed E-state index contributed by atoms with van der Waals surface area (Å²) < 4.78 is 17.9. The Labute approximate surface area is 193 Å². The summed E-state index contributed by atoms with van der Waals surface area (Å²) in [5.74, 6) is 3.32. The third-order valence-electron chi connectivity index (χ3n) is 6.56. The number of rotatable bonds is 8. The van der Waals surface area contributed by atoms with E-state index in [9.17, 15) is 0 Å². The van der Waals surface area contributed by atoms with E-state index < -0.39 is 0 Å². The average Bonchev–Trinajstić information content (AvgIpc) is 3.44. The first-order chi connectivity index (χ1) is 16.1. The molecule has 1 aliphatic rings. The topological polar surface area (TPSA) is 81.3 Å². The Morgan fingerprint density at radius 2 is 1.97 bits per heavy atom. The maximum absolute atomic E-state index is 6.19. The molecule has 1 atom stereocenters. The minimum atomic E-state index is 0.489. The molecule has 172 valence electrons. The van der Waals surface area contributed by atoms with E-state index in [1.54, 1.807) is 7.11 Å². The summed E-state index contributed by atoms with van der Waals surface area (Å²) in [5, 5.41) is 5.34. The number of H-pyrrole nitrogens is 1. The van der Waals surface area contributed by atoms with Gasteiger partial charge in [-0.25, -0.2) is 9.97 Å². The van der Waals surface area contributed by atoms with Gasteiger partial charge in [0.15, 0.2) is 11.5 Å². The number of aromatic nitrogens is 3. The van der Waals surface area contributed by atoms with E-state index in [0.717, 1.165) is 58.7 Å². The van der Waals surface area contributed by atoms with Crippen molar-refractivity contribution >= 4 is 21.8 Å². The molecule has 0 aliphatic carbocycles.